The molecule has 1 aliphatic heterocycles. The number of ether oxygens (including phenoxy) is 1. The second-order valence-corrected chi connectivity index (χ2v) is 5.66. The van der Waals surface area contributed by atoms with Crippen molar-refractivity contribution in [3.63, 3.8) is 0 Å². The summed E-state index contributed by atoms with van der Waals surface area (Å²) in [5.74, 6) is -1.38. The molecule has 0 unspecified atom stereocenters. The van der Waals surface area contributed by atoms with Gasteiger partial charge in [-0.1, -0.05) is 60.7 Å². The third kappa shape index (κ3) is 1.54. The molecule has 0 aromatic heterocycles. The lowest BCUT2D eigenvalue weighted by Crippen LogP contribution is -2.50. The molecule has 4 rings (SSSR count). The van der Waals surface area contributed by atoms with Crippen molar-refractivity contribution >= 4 is 11.8 Å². The second kappa shape index (κ2) is 4.29. The van der Waals surface area contributed by atoms with E-state index in [0.29, 0.717) is 6.42 Å². The van der Waals surface area contributed by atoms with Gasteiger partial charge in [0, 0.05) is 5.92 Å². The molecule has 0 amide bonds. The average Bonchev–Trinajstić information content (AvgIpc) is 2.70. The Morgan fingerprint density at radius 1 is 0.857 bits per heavy atom. The summed E-state index contributed by atoms with van der Waals surface area (Å²) in [6, 6.07) is 19.6. The van der Waals surface area contributed by atoms with Crippen LogP contribution in [0.3, 0.4) is 0 Å². The minimum atomic E-state index is -0.809. The fourth-order valence-corrected chi connectivity index (χ4v) is 3.69. The molecule has 0 radical (unpaired) electrons. The maximum Gasteiger partial charge on any atom is 0.376 e. The van der Waals surface area contributed by atoms with E-state index < -0.39 is 11.6 Å². The number of hydrogen-bond donors (Lipinski definition) is 0. The lowest BCUT2D eigenvalue weighted by molar-refractivity contribution is -0.162. The highest BCUT2D eigenvalue weighted by Gasteiger charge is 2.68. The van der Waals surface area contributed by atoms with E-state index >= 15 is 0 Å². The van der Waals surface area contributed by atoms with Gasteiger partial charge in [0.15, 0.2) is 5.60 Å². The Morgan fingerprint density at radius 2 is 1.48 bits per heavy atom. The first-order valence-corrected chi connectivity index (χ1v) is 7.11. The predicted octanol–water partition coefficient (Wildman–Crippen LogP) is 2.81. The Kier molecular flexibility index (Phi) is 2.52. The maximum atomic E-state index is 12.0. The maximum absolute atomic E-state index is 12.0. The van der Waals surface area contributed by atoms with Crippen molar-refractivity contribution < 1.29 is 14.3 Å². The van der Waals surface area contributed by atoms with E-state index in [4.69, 9.17) is 4.74 Å². The summed E-state index contributed by atoms with van der Waals surface area (Å²) in [5, 5.41) is 0. The summed E-state index contributed by atoms with van der Waals surface area (Å²) >= 11 is 0. The Morgan fingerprint density at radius 3 is 2.10 bits per heavy atom. The summed E-state index contributed by atoms with van der Waals surface area (Å²) in [4.78, 5) is 23.9. The van der Waals surface area contributed by atoms with Crippen LogP contribution >= 0.6 is 0 Å². The van der Waals surface area contributed by atoms with Gasteiger partial charge in [0.1, 0.15) is 0 Å². The Bertz CT molecular complexity index is 708. The van der Waals surface area contributed by atoms with Crippen molar-refractivity contribution in [1.29, 1.82) is 0 Å². The van der Waals surface area contributed by atoms with Crippen molar-refractivity contribution in [1.82, 2.24) is 0 Å². The summed E-state index contributed by atoms with van der Waals surface area (Å²) in [7, 11) is 0. The smallest absolute Gasteiger partial charge is 0.376 e. The fraction of sp³-hybridized carbons (Fsp3) is 0.222. The lowest BCUT2D eigenvalue weighted by atomic mass is 9.56. The summed E-state index contributed by atoms with van der Waals surface area (Å²) < 4.78 is 5.62. The zero-order valence-corrected chi connectivity index (χ0v) is 11.4. The minimum Gasteiger partial charge on any atom is -0.447 e. The first-order valence-electron chi connectivity index (χ1n) is 7.11. The van der Waals surface area contributed by atoms with Crippen molar-refractivity contribution in [2.45, 2.75) is 17.9 Å². The minimum absolute atomic E-state index is 0.0431. The molecule has 1 saturated carbocycles. The molecule has 3 nitrogen and oxygen atoms in total. The molecule has 1 saturated heterocycles. The van der Waals surface area contributed by atoms with Crippen LogP contribution in [0.2, 0.25) is 0 Å². The molecule has 0 spiro atoms. The van der Waals surface area contributed by atoms with Crippen LogP contribution in [-0.4, -0.2) is 11.8 Å². The SMILES string of the molecule is O=C1O[C@@]2(c3ccccc3)[C@H](C[C@H]2c2ccccc2)C1=O. The van der Waals surface area contributed by atoms with Gasteiger partial charge in [-0.25, -0.2) is 4.79 Å². The van der Waals surface area contributed by atoms with E-state index in [0.717, 1.165) is 11.1 Å². The number of Topliss-reactive ketones (excluding diaryl/α,β-unsaturated/α-hetero) is 1. The molecule has 3 heteroatoms. The van der Waals surface area contributed by atoms with Crippen LogP contribution < -0.4 is 0 Å². The van der Waals surface area contributed by atoms with Crippen LogP contribution in [0.1, 0.15) is 23.5 Å². The lowest BCUT2D eigenvalue weighted by Gasteiger charge is -2.49. The first kappa shape index (κ1) is 12.3. The quantitative estimate of drug-likeness (QED) is 0.626. The van der Waals surface area contributed by atoms with Gasteiger partial charge in [-0.15, -0.1) is 0 Å². The van der Waals surface area contributed by atoms with E-state index in [1.807, 2.05) is 60.7 Å². The fourth-order valence-electron chi connectivity index (χ4n) is 3.69. The molecule has 0 bridgehead atoms. The number of ketones is 1. The van der Waals surface area contributed by atoms with Gasteiger partial charge in [0.05, 0.1) is 5.92 Å². The highest BCUT2D eigenvalue weighted by molar-refractivity contribution is 6.37. The van der Waals surface area contributed by atoms with Crippen molar-refractivity contribution in [3.8, 4) is 0 Å². The topological polar surface area (TPSA) is 43.4 Å². The van der Waals surface area contributed by atoms with Crippen LogP contribution in [-0.2, 0) is 19.9 Å². The Balaban J connectivity index is 1.85. The Hall–Kier alpha value is -2.42. The number of rotatable bonds is 2. The van der Waals surface area contributed by atoms with E-state index in [1.54, 1.807) is 0 Å². The molecule has 3 atom stereocenters. The monoisotopic (exact) mass is 278 g/mol. The molecule has 21 heavy (non-hydrogen) atoms. The molecular formula is C18H14O3. The molecule has 2 aliphatic rings. The van der Waals surface area contributed by atoms with E-state index in [9.17, 15) is 9.59 Å². The standard InChI is InChI=1S/C18H14O3/c19-16-15-11-14(12-7-3-1-4-8-12)18(15,21-17(16)20)13-9-5-2-6-10-13/h1-10,14-15H,11H2/t14-,15+,18+/m0/s1. The second-order valence-electron chi connectivity index (χ2n) is 5.66. The van der Waals surface area contributed by atoms with Crippen LogP contribution in [0.4, 0.5) is 0 Å². The van der Waals surface area contributed by atoms with Crippen molar-refractivity contribution in [3.05, 3.63) is 71.8 Å². The van der Waals surface area contributed by atoms with Gasteiger partial charge in [0.25, 0.3) is 0 Å². The van der Waals surface area contributed by atoms with Gasteiger partial charge in [-0.3, -0.25) is 4.79 Å². The first-order chi connectivity index (χ1) is 10.2. The van der Waals surface area contributed by atoms with Crippen molar-refractivity contribution in [2.75, 3.05) is 0 Å². The molecule has 1 heterocycles. The molecule has 1 aliphatic carbocycles. The van der Waals surface area contributed by atoms with Crippen LogP contribution in [0.25, 0.3) is 0 Å². The summed E-state index contributed by atoms with van der Waals surface area (Å²) in [6.07, 6.45) is 0.670. The molecular weight excluding hydrogens is 264 g/mol. The largest absolute Gasteiger partial charge is 0.447 e. The number of hydrogen-bond acceptors (Lipinski definition) is 3. The molecule has 2 aromatic rings. The zero-order chi connectivity index (χ0) is 14.4. The van der Waals surface area contributed by atoms with Gasteiger partial charge >= 0.3 is 5.97 Å². The third-order valence-electron chi connectivity index (χ3n) is 4.71. The third-order valence-corrected chi connectivity index (χ3v) is 4.71. The molecule has 0 N–H and O–H groups in total. The van der Waals surface area contributed by atoms with Crippen LogP contribution in [0.15, 0.2) is 60.7 Å². The van der Waals surface area contributed by atoms with E-state index in [2.05, 4.69) is 0 Å². The highest BCUT2D eigenvalue weighted by atomic mass is 16.6. The number of benzene rings is 2. The summed E-state index contributed by atoms with van der Waals surface area (Å²) in [6.45, 7) is 0. The van der Waals surface area contributed by atoms with E-state index in [-0.39, 0.29) is 17.6 Å². The number of carbonyl (C=O) groups is 2. The van der Waals surface area contributed by atoms with Crippen LogP contribution in [0, 0.1) is 5.92 Å². The van der Waals surface area contributed by atoms with Gasteiger partial charge in [-0.05, 0) is 17.5 Å². The number of fused-ring (bicyclic) bond motifs is 1. The average molecular weight is 278 g/mol. The zero-order valence-electron chi connectivity index (χ0n) is 11.4. The number of esters is 1. The van der Waals surface area contributed by atoms with E-state index in [1.165, 1.54) is 0 Å². The van der Waals surface area contributed by atoms with Gasteiger partial charge < -0.3 is 4.74 Å². The molecule has 104 valence electrons. The van der Waals surface area contributed by atoms with Crippen molar-refractivity contribution in [2.24, 2.45) is 5.92 Å². The molecule has 2 fully saturated rings. The van der Waals surface area contributed by atoms with Gasteiger partial charge in [0.2, 0.25) is 5.78 Å². The predicted molar refractivity (Wildman–Crippen MR) is 76.5 cm³/mol. The number of carbonyl (C=O) groups excluding carboxylic acids is 2. The summed E-state index contributed by atoms with van der Waals surface area (Å²) in [5.41, 5.74) is 1.21. The van der Waals surface area contributed by atoms with Crippen LogP contribution in [0.5, 0.6) is 0 Å². The normalized spacial score (nSPS) is 30.5. The van der Waals surface area contributed by atoms with Gasteiger partial charge in [-0.2, -0.15) is 0 Å². The Labute approximate surface area is 122 Å². The highest BCUT2D eigenvalue weighted by Crippen LogP contribution is 2.62. The molecule has 2 aromatic carbocycles.